The minimum Gasteiger partial charge on any atom is -0.496 e. The Bertz CT molecular complexity index is 516. The number of nitrogens with zero attached hydrogens (tertiary/aromatic N) is 2. The zero-order valence-electron chi connectivity index (χ0n) is 8.64. The summed E-state index contributed by atoms with van der Waals surface area (Å²) in [6.45, 7) is 0. The summed E-state index contributed by atoms with van der Waals surface area (Å²) in [6, 6.07) is 7.29. The SMILES string of the molecule is COc1ccc(Br)cc1-c1nccc(N)n1. The Morgan fingerprint density at radius 2 is 2.12 bits per heavy atom. The first-order valence-corrected chi connectivity index (χ1v) is 5.42. The number of aromatic nitrogens is 2. The van der Waals surface area contributed by atoms with Crippen molar-refractivity contribution in [2.75, 3.05) is 12.8 Å². The molecule has 0 atom stereocenters. The molecule has 0 aliphatic rings. The molecule has 82 valence electrons. The fourth-order valence-corrected chi connectivity index (χ4v) is 1.72. The van der Waals surface area contributed by atoms with Gasteiger partial charge >= 0.3 is 0 Å². The van der Waals surface area contributed by atoms with Gasteiger partial charge in [-0.15, -0.1) is 0 Å². The minimum absolute atomic E-state index is 0.437. The number of hydrogen-bond acceptors (Lipinski definition) is 4. The van der Waals surface area contributed by atoms with Crippen LogP contribution in [-0.2, 0) is 0 Å². The summed E-state index contributed by atoms with van der Waals surface area (Å²) in [6.07, 6.45) is 1.62. The molecule has 0 saturated carbocycles. The van der Waals surface area contributed by atoms with Crippen molar-refractivity contribution in [1.82, 2.24) is 9.97 Å². The van der Waals surface area contributed by atoms with Crippen molar-refractivity contribution in [1.29, 1.82) is 0 Å². The van der Waals surface area contributed by atoms with Crippen LogP contribution in [0, 0.1) is 0 Å². The van der Waals surface area contributed by atoms with Crippen LogP contribution >= 0.6 is 15.9 Å². The van der Waals surface area contributed by atoms with Crippen LogP contribution < -0.4 is 10.5 Å². The molecule has 0 bridgehead atoms. The second-order valence-corrected chi connectivity index (χ2v) is 4.07. The first kappa shape index (κ1) is 10.9. The van der Waals surface area contributed by atoms with Gasteiger partial charge in [0.1, 0.15) is 11.6 Å². The largest absolute Gasteiger partial charge is 0.496 e. The number of ether oxygens (including phenoxy) is 1. The number of methoxy groups -OCH3 is 1. The molecule has 2 aromatic rings. The van der Waals surface area contributed by atoms with Gasteiger partial charge in [0.2, 0.25) is 0 Å². The highest BCUT2D eigenvalue weighted by Crippen LogP contribution is 2.30. The van der Waals surface area contributed by atoms with Crippen molar-refractivity contribution >= 4 is 21.7 Å². The molecule has 0 aliphatic carbocycles. The average molecular weight is 280 g/mol. The van der Waals surface area contributed by atoms with Crippen molar-refractivity contribution in [3.8, 4) is 17.1 Å². The predicted molar refractivity (Wildman–Crippen MR) is 66.1 cm³/mol. The van der Waals surface area contributed by atoms with E-state index >= 15 is 0 Å². The molecule has 2 N–H and O–H groups in total. The van der Waals surface area contributed by atoms with Crippen LogP contribution in [0.1, 0.15) is 0 Å². The lowest BCUT2D eigenvalue weighted by Gasteiger charge is -2.07. The maximum Gasteiger partial charge on any atom is 0.165 e. The maximum atomic E-state index is 5.62. The second-order valence-electron chi connectivity index (χ2n) is 3.15. The third kappa shape index (κ3) is 2.14. The number of anilines is 1. The standard InChI is InChI=1S/C11H10BrN3O/c1-16-9-3-2-7(12)6-8(9)11-14-5-4-10(13)15-11/h2-6H,1H3,(H2,13,14,15). The summed E-state index contributed by atoms with van der Waals surface area (Å²) in [7, 11) is 1.61. The molecule has 0 amide bonds. The molecule has 1 aromatic heterocycles. The zero-order chi connectivity index (χ0) is 11.5. The maximum absolute atomic E-state index is 5.62. The van der Waals surface area contributed by atoms with Crippen LogP contribution in [0.25, 0.3) is 11.4 Å². The molecule has 1 aromatic carbocycles. The van der Waals surface area contributed by atoms with Gasteiger partial charge in [-0.1, -0.05) is 15.9 Å². The van der Waals surface area contributed by atoms with Gasteiger partial charge in [-0.25, -0.2) is 9.97 Å². The van der Waals surface area contributed by atoms with Crippen LogP contribution in [0.5, 0.6) is 5.75 Å². The second kappa shape index (κ2) is 4.49. The van der Waals surface area contributed by atoms with E-state index in [1.54, 1.807) is 19.4 Å². The van der Waals surface area contributed by atoms with Crippen molar-refractivity contribution in [3.05, 3.63) is 34.9 Å². The van der Waals surface area contributed by atoms with E-state index in [9.17, 15) is 0 Å². The van der Waals surface area contributed by atoms with Crippen LogP contribution in [0.4, 0.5) is 5.82 Å². The van der Waals surface area contributed by atoms with E-state index in [1.165, 1.54) is 0 Å². The van der Waals surface area contributed by atoms with E-state index in [2.05, 4.69) is 25.9 Å². The molecule has 4 nitrogen and oxygen atoms in total. The molecule has 0 aliphatic heterocycles. The number of halogens is 1. The summed E-state index contributed by atoms with van der Waals surface area (Å²) >= 11 is 3.40. The van der Waals surface area contributed by atoms with Crippen molar-refractivity contribution < 1.29 is 4.74 Å². The van der Waals surface area contributed by atoms with E-state index in [1.807, 2.05) is 18.2 Å². The minimum atomic E-state index is 0.437. The van der Waals surface area contributed by atoms with E-state index in [4.69, 9.17) is 10.5 Å². The Labute approximate surface area is 102 Å². The van der Waals surface area contributed by atoms with Crippen LogP contribution in [0.15, 0.2) is 34.9 Å². The number of hydrogen-bond donors (Lipinski definition) is 1. The molecule has 0 radical (unpaired) electrons. The normalized spacial score (nSPS) is 10.1. The Kier molecular flexibility index (Phi) is 3.05. The molecule has 0 saturated heterocycles. The van der Waals surface area contributed by atoms with E-state index in [0.29, 0.717) is 17.4 Å². The van der Waals surface area contributed by atoms with Gasteiger partial charge in [0.05, 0.1) is 12.7 Å². The predicted octanol–water partition coefficient (Wildman–Crippen LogP) is 2.50. The van der Waals surface area contributed by atoms with Crippen LogP contribution in [0.2, 0.25) is 0 Å². The molecule has 2 rings (SSSR count). The Hall–Kier alpha value is -1.62. The topological polar surface area (TPSA) is 61.0 Å². The molecule has 5 heteroatoms. The number of benzene rings is 1. The van der Waals surface area contributed by atoms with Crippen LogP contribution in [0.3, 0.4) is 0 Å². The molecule has 0 fully saturated rings. The Morgan fingerprint density at radius 1 is 1.31 bits per heavy atom. The number of rotatable bonds is 2. The first-order chi connectivity index (χ1) is 7.70. The molecule has 0 unspecified atom stereocenters. The van der Waals surface area contributed by atoms with Gasteiger partial charge in [-0.3, -0.25) is 0 Å². The first-order valence-electron chi connectivity index (χ1n) is 4.63. The average Bonchev–Trinajstić information content (AvgIpc) is 2.29. The molecule has 16 heavy (non-hydrogen) atoms. The van der Waals surface area contributed by atoms with Gasteiger partial charge in [-0.2, -0.15) is 0 Å². The Morgan fingerprint density at radius 3 is 2.81 bits per heavy atom. The van der Waals surface area contributed by atoms with E-state index in [-0.39, 0.29) is 0 Å². The fourth-order valence-electron chi connectivity index (χ4n) is 1.36. The zero-order valence-corrected chi connectivity index (χ0v) is 10.2. The van der Waals surface area contributed by atoms with E-state index in [0.717, 1.165) is 10.0 Å². The lowest BCUT2D eigenvalue weighted by atomic mass is 10.2. The van der Waals surface area contributed by atoms with Gasteiger partial charge in [-0.05, 0) is 24.3 Å². The number of nitrogens with two attached hydrogens (primary N) is 1. The molecule has 0 spiro atoms. The monoisotopic (exact) mass is 279 g/mol. The summed E-state index contributed by atoms with van der Waals surface area (Å²) in [5.74, 6) is 1.71. The van der Waals surface area contributed by atoms with Gasteiger partial charge in [0.15, 0.2) is 5.82 Å². The van der Waals surface area contributed by atoms with Gasteiger partial charge < -0.3 is 10.5 Å². The summed E-state index contributed by atoms with van der Waals surface area (Å²) in [4.78, 5) is 8.33. The summed E-state index contributed by atoms with van der Waals surface area (Å²) in [5, 5.41) is 0. The third-order valence-corrected chi connectivity index (χ3v) is 2.57. The highest BCUT2D eigenvalue weighted by molar-refractivity contribution is 9.10. The number of nitrogen functional groups attached to an aromatic ring is 1. The van der Waals surface area contributed by atoms with Crippen molar-refractivity contribution in [2.24, 2.45) is 0 Å². The molecular formula is C11H10BrN3O. The highest BCUT2D eigenvalue weighted by Gasteiger charge is 2.09. The van der Waals surface area contributed by atoms with E-state index < -0.39 is 0 Å². The van der Waals surface area contributed by atoms with Crippen LogP contribution in [-0.4, -0.2) is 17.1 Å². The van der Waals surface area contributed by atoms with Crippen molar-refractivity contribution in [2.45, 2.75) is 0 Å². The summed E-state index contributed by atoms with van der Waals surface area (Å²) < 4.78 is 6.19. The molecule has 1 heterocycles. The fraction of sp³-hybridized carbons (Fsp3) is 0.0909. The lowest BCUT2D eigenvalue weighted by Crippen LogP contribution is -1.96. The smallest absolute Gasteiger partial charge is 0.165 e. The summed E-state index contributed by atoms with van der Waals surface area (Å²) in [5.41, 5.74) is 6.43. The van der Waals surface area contributed by atoms with Gasteiger partial charge in [0, 0.05) is 10.7 Å². The molecular weight excluding hydrogens is 270 g/mol. The third-order valence-electron chi connectivity index (χ3n) is 2.08. The highest BCUT2D eigenvalue weighted by atomic mass is 79.9. The Balaban J connectivity index is 2.58. The lowest BCUT2D eigenvalue weighted by molar-refractivity contribution is 0.416. The quantitative estimate of drug-likeness (QED) is 0.918. The van der Waals surface area contributed by atoms with Gasteiger partial charge in [0.25, 0.3) is 0 Å². The van der Waals surface area contributed by atoms with Crippen molar-refractivity contribution in [3.63, 3.8) is 0 Å².